The fourth-order valence-corrected chi connectivity index (χ4v) is 5.17. The van der Waals surface area contributed by atoms with Gasteiger partial charge < -0.3 is 15.1 Å². The van der Waals surface area contributed by atoms with E-state index in [4.69, 9.17) is 23.2 Å². The highest BCUT2D eigenvalue weighted by molar-refractivity contribution is 6.42. The summed E-state index contributed by atoms with van der Waals surface area (Å²) in [5.74, 6) is -0.362. The third kappa shape index (κ3) is 5.76. The van der Waals surface area contributed by atoms with Crippen molar-refractivity contribution in [2.24, 2.45) is 0 Å². The fourth-order valence-electron chi connectivity index (χ4n) is 4.85. The normalized spacial score (nSPS) is 13.2. The average molecular weight is 540 g/mol. The molecule has 0 saturated carbocycles. The second-order valence-corrected chi connectivity index (χ2v) is 10.0. The van der Waals surface area contributed by atoms with Crippen LogP contribution in [-0.4, -0.2) is 41.8 Å². The first-order valence-electron chi connectivity index (χ1n) is 12.7. The molecule has 4 rings (SSSR count). The van der Waals surface area contributed by atoms with Gasteiger partial charge in [-0.05, 0) is 54.5 Å². The predicted octanol–water partition coefficient (Wildman–Crippen LogP) is 6.22. The highest BCUT2D eigenvalue weighted by Gasteiger charge is 2.31. The van der Waals surface area contributed by atoms with Gasteiger partial charge >= 0.3 is 0 Å². The largest absolute Gasteiger partial charge is 0.354 e. The van der Waals surface area contributed by atoms with Crippen LogP contribution in [0.15, 0.2) is 54.6 Å². The summed E-state index contributed by atoms with van der Waals surface area (Å²) in [6.45, 7) is 5.08. The van der Waals surface area contributed by atoms with Gasteiger partial charge in [0, 0.05) is 37.0 Å². The molecule has 0 bridgehead atoms. The first kappa shape index (κ1) is 27.0. The second-order valence-electron chi connectivity index (χ2n) is 9.23. The van der Waals surface area contributed by atoms with Crippen molar-refractivity contribution >= 4 is 57.4 Å². The first-order valence-corrected chi connectivity index (χ1v) is 13.5. The molecular weight excluding hydrogens is 509 g/mol. The van der Waals surface area contributed by atoms with Crippen LogP contribution in [0.5, 0.6) is 0 Å². The number of rotatable bonds is 11. The van der Waals surface area contributed by atoms with Crippen LogP contribution in [-0.2, 0) is 16.1 Å². The second kappa shape index (κ2) is 12.0. The molecule has 0 fully saturated rings. The number of anilines is 1. The van der Waals surface area contributed by atoms with E-state index in [1.807, 2.05) is 56.3 Å². The minimum absolute atomic E-state index is 0.0442. The standard InChI is InChI=1S/C29H31Cl2N3O3/c1-3-15-32-28(36)24(4-2)34(18-19-13-14-22(30)23(31)17-19)26(35)12-7-16-33-25-11-6-9-20-8-5-10-21(27(20)25)29(33)37/h5-6,8-11,13-14,17,24H,3-4,7,12,15-16,18H2,1-2H3,(H,32,36)/t24-/m1/s1. The number of hydrogen-bond donors (Lipinski definition) is 1. The highest BCUT2D eigenvalue weighted by atomic mass is 35.5. The summed E-state index contributed by atoms with van der Waals surface area (Å²) in [6, 6.07) is 16.2. The predicted molar refractivity (Wildman–Crippen MR) is 149 cm³/mol. The van der Waals surface area contributed by atoms with Gasteiger partial charge in [-0.25, -0.2) is 0 Å². The van der Waals surface area contributed by atoms with E-state index < -0.39 is 6.04 Å². The molecule has 8 heteroatoms. The number of amides is 3. The quantitative estimate of drug-likeness (QED) is 0.314. The van der Waals surface area contributed by atoms with Crippen LogP contribution in [0.4, 0.5) is 5.69 Å². The maximum atomic E-state index is 13.5. The monoisotopic (exact) mass is 539 g/mol. The van der Waals surface area contributed by atoms with Crippen molar-refractivity contribution in [3.8, 4) is 0 Å². The number of benzene rings is 3. The first-order chi connectivity index (χ1) is 17.8. The van der Waals surface area contributed by atoms with Crippen molar-refractivity contribution in [3.63, 3.8) is 0 Å². The Morgan fingerprint density at radius 2 is 1.78 bits per heavy atom. The number of nitrogens with one attached hydrogen (secondary N) is 1. The van der Waals surface area contributed by atoms with E-state index in [0.29, 0.717) is 41.5 Å². The lowest BCUT2D eigenvalue weighted by atomic mass is 10.1. The molecule has 0 aromatic heterocycles. The Hall–Kier alpha value is -3.09. The summed E-state index contributed by atoms with van der Waals surface area (Å²) >= 11 is 12.3. The Labute approximate surface area is 227 Å². The Balaban J connectivity index is 1.49. The molecule has 0 spiro atoms. The zero-order valence-electron chi connectivity index (χ0n) is 21.1. The van der Waals surface area contributed by atoms with Gasteiger partial charge in [0.25, 0.3) is 5.91 Å². The van der Waals surface area contributed by atoms with Gasteiger partial charge in [0.15, 0.2) is 0 Å². The lowest BCUT2D eigenvalue weighted by Gasteiger charge is -2.31. The van der Waals surface area contributed by atoms with Gasteiger partial charge in [-0.15, -0.1) is 0 Å². The summed E-state index contributed by atoms with van der Waals surface area (Å²) in [6.07, 6.45) is 1.96. The molecule has 1 atom stereocenters. The van der Waals surface area contributed by atoms with Gasteiger partial charge in [0.05, 0.1) is 15.7 Å². The van der Waals surface area contributed by atoms with Gasteiger partial charge in [-0.1, -0.05) is 67.4 Å². The molecule has 6 nitrogen and oxygen atoms in total. The molecule has 0 unspecified atom stereocenters. The van der Waals surface area contributed by atoms with Crippen molar-refractivity contribution in [1.82, 2.24) is 10.2 Å². The Bertz CT molecular complexity index is 1320. The third-order valence-electron chi connectivity index (χ3n) is 6.69. The molecule has 37 heavy (non-hydrogen) atoms. The fraction of sp³-hybridized carbons (Fsp3) is 0.345. The topological polar surface area (TPSA) is 69.7 Å². The van der Waals surface area contributed by atoms with Gasteiger partial charge in [-0.3, -0.25) is 14.4 Å². The third-order valence-corrected chi connectivity index (χ3v) is 7.43. The zero-order valence-corrected chi connectivity index (χ0v) is 22.6. The van der Waals surface area contributed by atoms with Crippen LogP contribution in [0.25, 0.3) is 10.8 Å². The number of hydrogen-bond acceptors (Lipinski definition) is 3. The molecule has 0 saturated heterocycles. The van der Waals surface area contributed by atoms with E-state index in [0.717, 1.165) is 28.4 Å². The maximum Gasteiger partial charge on any atom is 0.258 e. The van der Waals surface area contributed by atoms with Crippen molar-refractivity contribution in [2.75, 3.05) is 18.0 Å². The molecule has 3 amide bonds. The van der Waals surface area contributed by atoms with E-state index in [-0.39, 0.29) is 30.7 Å². The van der Waals surface area contributed by atoms with Gasteiger partial charge in [0.2, 0.25) is 11.8 Å². The van der Waals surface area contributed by atoms with E-state index in [9.17, 15) is 14.4 Å². The lowest BCUT2D eigenvalue weighted by Crippen LogP contribution is -2.49. The van der Waals surface area contributed by atoms with Crippen molar-refractivity contribution in [1.29, 1.82) is 0 Å². The Morgan fingerprint density at radius 3 is 2.49 bits per heavy atom. The number of carbonyl (C=O) groups is 3. The molecule has 1 aliphatic heterocycles. The molecular formula is C29H31Cl2N3O3. The average Bonchev–Trinajstić information content (AvgIpc) is 3.17. The summed E-state index contributed by atoms with van der Waals surface area (Å²) in [4.78, 5) is 42.9. The highest BCUT2D eigenvalue weighted by Crippen LogP contribution is 2.37. The van der Waals surface area contributed by atoms with Gasteiger partial charge in [0.1, 0.15) is 6.04 Å². The molecule has 0 aliphatic carbocycles. The Morgan fingerprint density at radius 1 is 1.03 bits per heavy atom. The van der Waals surface area contributed by atoms with E-state index in [2.05, 4.69) is 5.32 Å². The van der Waals surface area contributed by atoms with Crippen LogP contribution in [0, 0.1) is 0 Å². The zero-order chi connectivity index (χ0) is 26.5. The molecule has 0 radical (unpaired) electrons. The van der Waals surface area contributed by atoms with E-state index >= 15 is 0 Å². The summed E-state index contributed by atoms with van der Waals surface area (Å²) in [5.41, 5.74) is 2.37. The maximum absolute atomic E-state index is 13.5. The summed E-state index contributed by atoms with van der Waals surface area (Å²) < 4.78 is 0. The van der Waals surface area contributed by atoms with E-state index in [1.165, 1.54) is 0 Å². The Kier molecular flexibility index (Phi) is 8.72. The van der Waals surface area contributed by atoms with Crippen LogP contribution in [0.2, 0.25) is 10.0 Å². The lowest BCUT2D eigenvalue weighted by molar-refractivity contribution is -0.141. The molecule has 1 heterocycles. The smallest absolute Gasteiger partial charge is 0.258 e. The minimum Gasteiger partial charge on any atom is -0.354 e. The number of nitrogens with zero attached hydrogens (tertiary/aromatic N) is 2. The molecule has 1 aliphatic rings. The molecule has 3 aromatic rings. The minimum atomic E-state index is -0.611. The van der Waals surface area contributed by atoms with E-state index in [1.54, 1.807) is 21.9 Å². The number of carbonyl (C=O) groups excluding carboxylic acids is 3. The molecule has 3 aromatic carbocycles. The molecule has 1 N–H and O–H groups in total. The van der Waals surface area contributed by atoms with Crippen molar-refractivity contribution in [2.45, 2.75) is 52.1 Å². The molecule has 194 valence electrons. The van der Waals surface area contributed by atoms with Crippen molar-refractivity contribution < 1.29 is 14.4 Å². The van der Waals surface area contributed by atoms with Gasteiger partial charge in [-0.2, -0.15) is 0 Å². The summed E-state index contributed by atoms with van der Waals surface area (Å²) in [5, 5.41) is 5.74. The summed E-state index contributed by atoms with van der Waals surface area (Å²) in [7, 11) is 0. The van der Waals surface area contributed by atoms with Crippen LogP contribution in [0.3, 0.4) is 0 Å². The SMILES string of the molecule is CCCNC(=O)[C@@H](CC)N(Cc1ccc(Cl)c(Cl)c1)C(=O)CCCN1C(=O)c2cccc3cccc1c23. The van der Waals surface area contributed by atoms with Crippen molar-refractivity contribution in [3.05, 3.63) is 75.8 Å². The van der Waals surface area contributed by atoms with Crippen LogP contribution >= 0.6 is 23.2 Å². The van der Waals surface area contributed by atoms with Crippen LogP contribution < -0.4 is 10.2 Å². The number of halogens is 2. The van der Waals surface area contributed by atoms with Crippen LogP contribution in [0.1, 0.15) is 55.5 Å².